The lowest BCUT2D eigenvalue weighted by molar-refractivity contribution is -0.118. The highest BCUT2D eigenvalue weighted by Gasteiger charge is 2.33. The monoisotopic (exact) mass is 258 g/mol. The first-order valence-corrected chi connectivity index (χ1v) is 7.25. The topological polar surface area (TPSA) is 90.1 Å². The van der Waals surface area contributed by atoms with Gasteiger partial charge in [0.05, 0.1) is 17.4 Å². The molecule has 2 heterocycles. The standard InChI is InChI=1S/C10H14N2O4S/c1-6(7(2)13)10-11-9(12-16-10)8-3-4-17(14,15)5-8/h6,8H,3-5H2,1-2H3. The van der Waals surface area contributed by atoms with Crippen molar-refractivity contribution in [3.8, 4) is 0 Å². The minimum Gasteiger partial charge on any atom is -0.339 e. The van der Waals surface area contributed by atoms with Crippen molar-refractivity contribution >= 4 is 15.6 Å². The van der Waals surface area contributed by atoms with Gasteiger partial charge in [-0.15, -0.1) is 0 Å². The van der Waals surface area contributed by atoms with E-state index in [4.69, 9.17) is 4.52 Å². The lowest BCUT2D eigenvalue weighted by atomic mass is 10.1. The fourth-order valence-corrected chi connectivity index (χ4v) is 3.50. The molecule has 2 rings (SSSR count). The van der Waals surface area contributed by atoms with Crippen LogP contribution in [0.25, 0.3) is 0 Å². The van der Waals surface area contributed by atoms with Crippen LogP contribution in [0.3, 0.4) is 0 Å². The van der Waals surface area contributed by atoms with Crippen LogP contribution in [0.1, 0.15) is 43.8 Å². The predicted octanol–water partition coefficient (Wildman–Crippen LogP) is 0.664. The maximum atomic E-state index is 11.3. The Hall–Kier alpha value is -1.24. The number of hydrogen-bond donors (Lipinski definition) is 0. The Labute approximate surface area is 99.3 Å². The van der Waals surface area contributed by atoms with Gasteiger partial charge in [0.25, 0.3) is 0 Å². The number of aromatic nitrogens is 2. The predicted molar refractivity (Wildman–Crippen MR) is 59.4 cm³/mol. The zero-order valence-corrected chi connectivity index (χ0v) is 10.5. The molecule has 0 saturated carbocycles. The van der Waals surface area contributed by atoms with Crippen molar-refractivity contribution < 1.29 is 17.7 Å². The van der Waals surface area contributed by atoms with E-state index in [-0.39, 0.29) is 29.1 Å². The summed E-state index contributed by atoms with van der Waals surface area (Å²) in [4.78, 5) is 15.3. The highest BCUT2D eigenvalue weighted by Crippen LogP contribution is 2.27. The molecule has 0 aliphatic carbocycles. The van der Waals surface area contributed by atoms with Crippen LogP contribution in [0.2, 0.25) is 0 Å². The fourth-order valence-electron chi connectivity index (χ4n) is 1.76. The highest BCUT2D eigenvalue weighted by molar-refractivity contribution is 7.91. The summed E-state index contributed by atoms with van der Waals surface area (Å²) in [6, 6.07) is 0. The van der Waals surface area contributed by atoms with Gasteiger partial charge >= 0.3 is 0 Å². The molecule has 2 unspecified atom stereocenters. The summed E-state index contributed by atoms with van der Waals surface area (Å²) in [6.07, 6.45) is 0.524. The molecule has 6 nitrogen and oxygen atoms in total. The maximum absolute atomic E-state index is 11.3. The van der Waals surface area contributed by atoms with Crippen LogP contribution in [0.4, 0.5) is 0 Å². The molecule has 0 spiro atoms. The van der Waals surface area contributed by atoms with Gasteiger partial charge in [0.15, 0.2) is 15.7 Å². The molecule has 1 aromatic heterocycles. The Morgan fingerprint density at radius 1 is 1.53 bits per heavy atom. The summed E-state index contributed by atoms with van der Waals surface area (Å²) in [7, 11) is -2.96. The van der Waals surface area contributed by atoms with Gasteiger partial charge in [0.2, 0.25) is 5.89 Å². The first-order valence-electron chi connectivity index (χ1n) is 5.43. The van der Waals surface area contributed by atoms with E-state index in [9.17, 15) is 13.2 Å². The molecule has 1 aliphatic heterocycles. The first-order chi connectivity index (χ1) is 7.89. The first kappa shape index (κ1) is 12.2. The Morgan fingerprint density at radius 3 is 2.76 bits per heavy atom. The van der Waals surface area contributed by atoms with Crippen molar-refractivity contribution in [3.63, 3.8) is 0 Å². The van der Waals surface area contributed by atoms with Gasteiger partial charge in [-0.25, -0.2) is 8.42 Å². The van der Waals surface area contributed by atoms with Crippen LogP contribution in [-0.2, 0) is 14.6 Å². The minimum absolute atomic E-state index is 0.0563. The number of sulfone groups is 1. The highest BCUT2D eigenvalue weighted by atomic mass is 32.2. The molecule has 1 fully saturated rings. The largest absolute Gasteiger partial charge is 0.339 e. The molecule has 1 aromatic rings. The number of carbonyl (C=O) groups excluding carboxylic acids is 1. The molecule has 1 aliphatic rings. The normalized spacial score (nSPS) is 24.7. The van der Waals surface area contributed by atoms with E-state index in [1.54, 1.807) is 6.92 Å². The Bertz CT molecular complexity index is 534. The molecule has 0 bridgehead atoms. The van der Waals surface area contributed by atoms with E-state index in [0.717, 1.165) is 0 Å². The molecule has 17 heavy (non-hydrogen) atoms. The van der Waals surface area contributed by atoms with Crippen LogP contribution >= 0.6 is 0 Å². The van der Waals surface area contributed by atoms with Crippen molar-refractivity contribution in [2.75, 3.05) is 11.5 Å². The zero-order chi connectivity index (χ0) is 12.6. The fraction of sp³-hybridized carbons (Fsp3) is 0.700. The smallest absolute Gasteiger partial charge is 0.236 e. The molecule has 0 aromatic carbocycles. The number of hydrogen-bond acceptors (Lipinski definition) is 6. The van der Waals surface area contributed by atoms with Crippen LogP contribution in [0, 0.1) is 0 Å². The van der Waals surface area contributed by atoms with E-state index in [0.29, 0.717) is 12.2 Å². The van der Waals surface area contributed by atoms with E-state index < -0.39 is 15.8 Å². The third-order valence-corrected chi connectivity index (χ3v) is 4.80. The van der Waals surface area contributed by atoms with Crippen molar-refractivity contribution in [1.29, 1.82) is 0 Å². The molecule has 0 N–H and O–H groups in total. The second-order valence-electron chi connectivity index (χ2n) is 4.42. The van der Waals surface area contributed by atoms with Gasteiger partial charge in [0, 0.05) is 5.92 Å². The van der Waals surface area contributed by atoms with Crippen molar-refractivity contribution in [2.45, 2.75) is 32.1 Å². The van der Waals surface area contributed by atoms with E-state index in [2.05, 4.69) is 10.1 Å². The lowest BCUT2D eigenvalue weighted by Crippen LogP contribution is -2.07. The van der Waals surface area contributed by atoms with E-state index in [1.807, 2.05) is 0 Å². The summed E-state index contributed by atoms with van der Waals surface area (Å²) in [5.74, 6) is 0.209. The van der Waals surface area contributed by atoms with Gasteiger partial charge in [-0.3, -0.25) is 4.79 Å². The number of nitrogens with zero attached hydrogens (tertiary/aromatic N) is 2. The quantitative estimate of drug-likeness (QED) is 0.791. The molecule has 7 heteroatoms. The molecule has 1 saturated heterocycles. The summed E-state index contributed by atoms with van der Waals surface area (Å²) < 4.78 is 27.6. The third-order valence-electron chi connectivity index (χ3n) is 3.04. The molecule has 94 valence electrons. The van der Waals surface area contributed by atoms with Crippen molar-refractivity contribution in [1.82, 2.24) is 10.1 Å². The molecular weight excluding hydrogens is 244 g/mol. The Morgan fingerprint density at radius 2 is 2.24 bits per heavy atom. The Kier molecular flexibility index (Phi) is 3.03. The minimum atomic E-state index is -2.96. The van der Waals surface area contributed by atoms with Gasteiger partial charge in [0.1, 0.15) is 5.78 Å². The van der Waals surface area contributed by atoms with Crippen LogP contribution < -0.4 is 0 Å². The lowest BCUT2D eigenvalue weighted by Gasteiger charge is -2.00. The van der Waals surface area contributed by atoms with Crippen LogP contribution in [0.5, 0.6) is 0 Å². The van der Waals surface area contributed by atoms with Crippen LogP contribution in [-0.4, -0.2) is 35.8 Å². The van der Waals surface area contributed by atoms with E-state index >= 15 is 0 Å². The van der Waals surface area contributed by atoms with Crippen molar-refractivity contribution in [3.05, 3.63) is 11.7 Å². The van der Waals surface area contributed by atoms with Crippen LogP contribution in [0.15, 0.2) is 4.52 Å². The van der Waals surface area contributed by atoms with Gasteiger partial charge in [-0.05, 0) is 20.3 Å². The van der Waals surface area contributed by atoms with Crippen molar-refractivity contribution in [2.24, 2.45) is 0 Å². The molecule has 2 atom stereocenters. The van der Waals surface area contributed by atoms with Gasteiger partial charge < -0.3 is 4.52 Å². The van der Waals surface area contributed by atoms with Gasteiger partial charge in [-0.1, -0.05) is 5.16 Å². The second-order valence-corrected chi connectivity index (χ2v) is 6.65. The molecule has 0 radical (unpaired) electrons. The number of carbonyl (C=O) groups is 1. The number of rotatable bonds is 3. The summed E-state index contributed by atoms with van der Waals surface area (Å²) in [5, 5.41) is 3.76. The van der Waals surface area contributed by atoms with Gasteiger partial charge in [-0.2, -0.15) is 4.98 Å². The molecular formula is C10H14N2O4S. The SMILES string of the molecule is CC(=O)C(C)c1nc(C2CCS(=O)(=O)C2)no1. The average molecular weight is 258 g/mol. The Balaban J connectivity index is 2.17. The summed E-state index contributed by atoms with van der Waals surface area (Å²) >= 11 is 0. The maximum Gasteiger partial charge on any atom is 0.236 e. The summed E-state index contributed by atoms with van der Waals surface area (Å²) in [5.41, 5.74) is 0. The average Bonchev–Trinajstić information content (AvgIpc) is 2.82. The third kappa shape index (κ3) is 2.54. The zero-order valence-electron chi connectivity index (χ0n) is 9.71. The number of Topliss-reactive ketones (excluding diaryl/α,β-unsaturated/α-hetero) is 1. The number of ketones is 1. The molecule has 0 amide bonds. The van der Waals surface area contributed by atoms with E-state index in [1.165, 1.54) is 6.92 Å². The second kappa shape index (κ2) is 4.21. The summed E-state index contributed by atoms with van der Waals surface area (Å²) in [6.45, 7) is 3.14.